The summed E-state index contributed by atoms with van der Waals surface area (Å²) in [6, 6.07) is 66.8. The molecule has 0 aliphatic rings. The summed E-state index contributed by atoms with van der Waals surface area (Å²) < 4.78 is 11.1. The van der Waals surface area contributed by atoms with E-state index in [4.69, 9.17) is 29.3 Å². The first-order chi connectivity index (χ1) is 31.2. The third kappa shape index (κ3) is 5.76. The zero-order valence-corrected chi connectivity index (χ0v) is 34.3. The SMILES string of the molecule is c1ccc(-c2nc(-c3ccc4c(c3)c3ccccc3n4-c3ccccc3)nc(-c3cccc4oc5ccc(-c6nc(-c7ccccc7)nc7c6sc6ccccc67)cc5c34)n2)cc1. The van der Waals surface area contributed by atoms with Crippen molar-refractivity contribution in [2.45, 2.75) is 0 Å². The van der Waals surface area contributed by atoms with Crippen molar-refractivity contribution >= 4 is 75.4 Å². The maximum atomic E-state index is 6.59. The molecule has 0 radical (unpaired) electrons. The Kier molecular flexibility index (Phi) is 7.94. The number of furan rings is 1. The van der Waals surface area contributed by atoms with Crippen LogP contribution in [0.5, 0.6) is 0 Å². The molecule has 0 N–H and O–H groups in total. The Morgan fingerprint density at radius 3 is 1.81 bits per heavy atom. The van der Waals surface area contributed by atoms with Crippen molar-refractivity contribution in [1.82, 2.24) is 29.5 Å². The lowest BCUT2D eigenvalue weighted by molar-refractivity contribution is 0.669. The quantitative estimate of drug-likeness (QED) is 0.166. The first-order valence-corrected chi connectivity index (χ1v) is 21.6. The molecule has 8 heteroatoms. The molecule has 0 saturated carbocycles. The minimum Gasteiger partial charge on any atom is -0.456 e. The molecule has 0 saturated heterocycles. The van der Waals surface area contributed by atoms with Gasteiger partial charge < -0.3 is 8.98 Å². The molecule has 0 amide bonds. The van der Waals surface area contributed by atoms with Crippen LogP contribution in [0.25, 0.3) is 127 Å². The lowest BCUT2D eigenvalue weighted by Crippen LogP contribution is -2.00. The van der Waals surface area contributed by atoms with Crippen LogP contribution in [0.3, 0.4) is 0 Å². The predicted molar refractivity (Wildman–Crippen MR) is 257 cm³/mol. The van der Waals surface area contributed by atoms with E-state index in [9.17, 15) is 0 Å². The van der Waals surface area contributed by atoms with Crippen molar-refractivity contribution in [2.24, 2.45) is 0 Å². The lowest BCUT2D eigenvalue weighted by Gasteiger charge is -2.10. The van der Waals surface area contributed by atoms with Crippen LogP contribution >= 0.6 is 11.3 Å². The molecule has 5 heterocycles. The minimum atomic E-state index is 0.560. The van der Waals surface area contributed by atoms with Crippen LogP contribution in [0.15, 0.2) is 199 Å². The highest BCUT2D eigenvalue weighted by atomic mass is 32.1. The normalized spacial score (nSPS) is 11.8. The number of para-hydroxylation sites is 2. The van der Waals surface area contributed by atoms with Crippen LogP contribution in [0, 0.1) is 0 Å². The maximum absolute atomic E-state index is 6.59. The lowest BCUT2D eigenvalue weighted by atomic mass is 10.0. The fraction of sp³-hybridized carbons (Fsp3) is 0. The average Bonchev–Trinajstić information content (AvgIpc) is 4.03. The third-order valence-corrected chi connectivity index (χ3v) is 13.0. The average molecular weight is 825 g/mol. The molecule has 13 rings (SSSR count). The van der Waals surface area contributed by atoms with E-state index in [2.05, 4.69) is 126 Å². The summed E-state index contributed by atoms with van der Waals surface area (Å²) in [6.45, 7) is 0. The van der Waals surface area contributed by atoms with E-state index in [0.717, 1.165) is 98.5 Å². The maximum Gasteiger partial charge on any atom is 0.164 e. The highest BCUT2D eigenvalue weighted by Gasteiger charge is 2.22. The van der Waals surface area contributed by atoms with E-state index in [1.807, 2.05) is 72.8 Å². The third-order valence-electron chi connectivity index (χ3n) is 11.9. The number of fused-ring (bicyclic) bond motifs is 9. The molecule has 5 aromatic heterocycles. The van der Waals surface area contributed by atoms with Gasteiger partial charge in [-0.2, -0.15) is 0 Å². The van der Waals surface area contributed by atoms with Gasteiger partial charge in [-0.15, -0.1) is 11.3 Å². The minimum absolute atomic E-state index is 0.560. The molecule has 13 aromatic rings. The van der Waals surface area contributed by atoms with Gasteiger partial charge in [-0.25, -0.2) is 24.9 Å². The van der Waals surface area contributed by atoms with Crippen molar-refractivity contribution in [2.75, 3.05) is 0 Å². The number of aromatic nitrogens is 6. The fourth-order valence-corrected chi connectivity index (χ4v) is 10.1. The van der Waals surface area contributed by atoms with Crippen LogP contribution in [-0.4, -0.2) is 29.5 Å². The summed E-state index contributed by atoms with van der Waals surface area (Å²) in [7, 11) is 0. The van der Waals surface area contributed by atoms with Gasteiger partial charge in [0.1, 0.15) is 11.2 Å². The van der Waals surface area contributed by atoms with Gasteiger partial charge in [-0.3, -0.25) is 0 Å². The van der Waals surface area contributed by atoms with Crippen LogP contribution < -0.4 is 0 Å². The number of thiophene rings is 1. The molecule has 0 atom stereocenters. The van der Waals surface area contributed by atoms with Crippen molar-refractivity contribution in [3.05, 3.63) is 194 Å². The summed E-state index contributed by atoms with van der Waals surface area (Å²) in [6.07, 6.45) is 0. The standard InChI is InChI=1S/C55H32N6OS/c1-4-15-33(16-5-1)52-56-49(51-50(57-52)39-22-11-13-26-47(39)63-51)35-28-30-45-42(31-35)48-40(23-14-25-46(48)62-45)55-59-53(34-17-6-2-7-18-34)58-54(60-55)36-27-29-44-41(32-36)38-21-10-12-24-43(38)61(44)37-19-8-3-9-20-37/h1-32H. The topological polar surface area (TPSA) is 82.5 Å². The monoisotopic (exact) mass is 824 g/mol. The van der Waals surface area contributed by atoms with Crippen molar-refractivity contribution in [3.63, 3.8) is 0 Å². The molecule has 63 heavy (non-hydrogen) atoms. The number of benzene rings is 8. The molecule has 294 valence electrons. The van der Waals surface area contributed by atoms with E-state index >= 15 is 0 Å². The van der Waals surface area contributed by atoms with Gasteiger partial charge in [0.25, 0.3) is 0 Å². The Bertz CT molecular complexity index is 3910. The van der Waals surface area contributed by atoms with Gasteiger partial charge in [-0.1, -0.05) is 127 Å². The summed E-state index contributed by atoms with van der Waals surface area (Å²) in [4.78, 5) is 26.1. The number of hydrogen-bond acceptors (Lipinski definition) is 7. The molecule has 0 bridgehead atoms. The number of nitrogens with zero attached hydrogens (tertiary/aromatic N) is 6. The van der Waals surface area contributed by atoms with E-state index in [1.165, 1.54) is 4.70 Å². The molecule has 0 aliphatic heterocycles. The van der Waals surface area contributed by atoms with Crippen LogP contribution in [-0.2, 0) is 0 Å². The zero-order valence-electron chi connectivity index (χ0n) is 33.5. The molecule has 0 spiro atoms. The van der Waals surface area contributed by atoms with Gasteiger partial charge in [0.05, 0.1) is 26.9 Å². The number of rotatable bonds is 6. The Balaban J connectivity index is 1.02. The van der Waals surface area contributed by atoms with E-state index in [0.29, 0.717) is 23.3 Å². The Morgan fingerprint density at radius 1 is 0.397 bits per heavy atom. The van der Waals surface area contributed by atoms with Crippen molar-refractivity contribution in [1.29, 1.82) is 0 Å². The van der Waals surface area contributed by atoms with Crippen LogP contribution in [0.1, 0.15) is 0 Å². The van der Waals surface area contributed by atoms with Crippen molar-refractivity contribution in [3.8, 4) is 62.5 Å². The van der Waals surface area contributed by atoms with Gasteiger partial charge in [0.15, 0.2) is 23.3 Å². The first-order valence-electron chi connectivity index (χ1n) is 20.8. The van der Waals surface area contributed by atoms with Gasteiger partial charge >= 0.3 is 0 Å². The highest BCUT2D eigenvalue weighted by Crippen LogP contribution is 2.43. The van der Waals surface area contributed by atoms with Crippen molar-refractivity contribution < 1.29 is 4.42 Å². The summed E-state index contributed by atoms with van der Waals surface area (Å²) >= 11 is 1.72. The Morgan fingerprint density at radius 2 is 1.02 bits per heavy atom. The largest absolute Gasteiger partial charge is 0.456 e. The predicted octanol–water partition coefficient (Wildman–Crippen LogP) is 14.4. The zero-order chi connectivity index (χ0) is 41.4. The second-order valence-corrected chi connectivity index (χ2v) is 16.7. The second-order valence-electron chi connectivity index (χ2n) is 15.6. The summed E-state index contributed by atoms with van der Waals surface area (Å²) in [5.41, 5.74) is 11.3. The highest BCUT2D eigenvalue weighted by molar-refractivity contribution is 7.26. The molecular formula is C55H32N6OS. The second kappa shape index (κ2) is 14.1. The van der Waals surface area contributed by atoms with E-state index in [1.54, 1.807) is 11.3 Å². The van der Waals surface area contributed by atoms with E-state index in [-0.39, 0.29) is 0 Å². The molecule has 0 aliphatic carbocycles. The Labute approximate surface area is 364 Å². The first kappa shape index (κ1) is 35.4. The van der Waals surface area contributed by atoms with E-state index < -0.39 is 0 Å². The molecule has 7 nitrogen and oxygen atoms in total. The van der Waals surface area contributed by atoms with Gasteiger partial charge in [0, 0.05) is 65.1 Å². The van der Waals surface area contributed by atoms with Crippen LogP contribution in [0.2, 0.25) is 0 Å². The smallest absolute Gasteiger partial charge is 0.164 e. The number of hydrogen-bond donors (Lipinski definition) is 0. The molecule has 0 unspecified atom stereocenters. The fourth-order valence-electron chi connectivity index (χ4n) is 8.97. The van der Waals surface area contributed by atoms with Crippen LogP contribution in [0.4, 0.5) is 0 Å². The summed E-state index contributed by atoms with van der Waals surface area (Å²) in [5.74, 6) is 2.43. The molecule has 8 aromatic carbocycles. The Hall–Kier alpha value is -8.33. The summed E-state index contributed by atoms with van der Waals surface area (Å²) in [5, 5.41) is 5.28. The molecule has 0 fully saturated rings. The molecular weight excluding hydrogens is 793 g/mol. The van der Waals surface area contributed by atoms with Gasteiger partial charge in [0.2, 0.25) is 0 Å². The van der Waals surface area contributed by atoms with Gasteiger partial charge in [-0.05, 0) is 66.7 Å².